The molecule has 4 rings (SSSR count). The van der Waals surface area contributed by atoms with Gasteiger partial charge in [0.15, 0.2) is 0 Å². The Hall–Kier alpha value is -2.14. The average molecular weight is 325 g/mol. The van der Waals surface area contributed by atoms with E-state index in [9.17, 15) is 0 Å². The zero-order valence-electron chi connectivity index (χ0n) is 13.8. The van der Waals surface area contributed by atoms with Crippen LogP contribution in [0, 0.1) is 5.41 Å². The number of anilines is 1. The van der Waals surface area contributed by atoms with Gasteiger partial charge in [0.1, 0.15) is 12.4 Å². The van der Waals surface area contributed by atoms with Crippen LogP contribution in [0.1, 0.15) is 31.4 Å². The van der Waals surface area contributed by atoms with Crippen LogP contribution in [-0.2, 0) is 11.3 Å². The van der Waals surface area contributed by atoms with Crippen molar-refractivity contribution in [2.75, 3.05) is 18.5 Å². The largest absolute Gasteiger partial charge is 0.487 e. The van der Waals surface area contributed by atoms with Gasteiger partial charge in [-0.05, 0) is 49.9 Å². The molecule has 1 aromatic heterocycles. The van der Waals surface area contributed by atoms with Crippen LogP contribution < -0.4 is 10.1 Å². The molecule has 1 aliphatic heterocycles. The van der Waals surface area contributed by atoms with Crippen molar-refractivity contribution in [1.82, 2.24) is 9.97 Å². The van der Waals surface area contributed by atoms with Gasteiger partial charge in [-0.15, -0.1) is 0 Å². The fourth-order valence-electron chi connectivity index (χ4n) is 3.34. The second-order valence-electron chi connectivity index (χ2n) is 6.73. The first-order valence-electron chi connectivity index (χ1n) is 8.67. The van der Waals surface area contributed by atoms with Gasteiger partial charge < -0.3 is 14.8 Å². The summed E-state index contributed by atoms with van der Waals surface area (Å²) in [4.78, 5) is 8.23. The van der Waals surface area contributed by atoms with E-state index in [0.717, 1.165) is 30.3 Å². The van der Waals surface area contributed by atoms with Gasteiger partial charge in [-0.3, -0.25) is 9.97 Å². The van der Waals surface area contributed by atoms with Gasteiger partial charge in [-0.2, -0.15) is 0 Å². The minimum absolute atomic E-state index is 0.373. The topological polar surface area (TPSA) is 56.3 Å². The first-order chi connectivity index (χ1) is 11.8. The van der Waals surface area contributed by atoms with Crippen molar-refractivity contribution in [3.8, 4) is 5.75 Å². The molecule has 1 aliphatic carbocycles. The standard InChI is InChI=1S/C19H23N3O2/c1-2-18(23-11-1)19(7-8-19)14-22-15-3-5-17(6-4-15)24-13-16-12-20-9-10-21-16/h3-6,9-10,12,18,22H,1-2,7-8,11,13-14H2. The number of rotatable bonds is 7. The van der Waals surface area contributed by atoms with Crippen LogP contribution in [0.5, 0.6) is 5.75 Å². The number of nitrogens with one attached hydrogen (secondary N) is 1. The second-order valence-corrected chi connectivity index (χ2v) is 6.73. The van der Waals surface area contributed by atoms with Crippen LogP contribution >= 0.6 is 0 Å². The lowest BCUT2D eigenvalue weighted by Gasteiger charge is -2.23. The summed E-state index contributed by atoms with van der Waals surface area (Å²) in [6.45, 7) is 2.37. The Labute approximate surface area is 142 Å². The van der Waals surface area contributed by atoms with Crippen molar-refractivity contribution in [2.45, 2.75) is 38.4 Å². The van der Waals surface area contributed by atoms with E-state index in [4.69, 9.17) is 9.47 Å². The molecule has 1 saturated heterocycles. The highest BCUT2D eigenvalue weighted by atomic mass is 16.5. The summed E-state index contributed by atoms with van der Waals surface area (Å²) in [5.74, 6) is 0.839. The Balaban J connectivity index is 1.28. The minimum Gasteiger partial charge on any atom is -0.487 e. The zero-order valence-corrected chi connectivity index (χ0v) is 13.8. The summed E-state index contributed by atoms with van der Waals surface area (Å²) in [5.41, 5.74) is 2.33. The lowest BCUT2D eigenvalue weighted by atomic mass is 9.96. The van der Waals surface area contributed by atoms with E-state index in [1.54, 1.807) is 18.6 Å². The van der Waals surface area contributed by atoms with Crippen LogP contribution in [0.15, 0.2) is 42.9 Å². The van der Waals surface area contributed by atoms with Gasteiger partial charge in [0.05, 0.1) is 18.0 Å². The third-order valence-corrected chi connectivity index (χ3v) is 5.01. The Morgan fingerprint density at radius 3 is 2.75 bits per heavy atom. The predicted molar refractivity (Wildman–Crippen MR) is 91.9 cm³/mol. The number of benzene rings is 1. The van der Waals surface area contributed by atoms with Crippen LogP contribution in [0.25, 0.3) is 0 Å². The molecule has 0 spiro atoms. The van der Waals surface area contributed by atoms with Crippen LogP contribution in [0.4, 0.5) is 5.69 Å². The van der Waals surface area contributed by atoms with Crippen molar-refractivity contribution >= 4 is 5.69 Å². The summed E-state index contributed by atoms with van der Waals surface area (Å²) in [5, 5.41) is 3.57. The smallest absolute Gasteiger partial charge is 0.132 e. The maximum atomic E-state index is 5.89. The Morgan fingerprint density at radius 1 is 1.21 bits per heavy atom. The lowest BCUT2D eigenvalue weighted by molar-refractivity contribution is 0.0565. The summed E-state index contributed by atoms with van der Waals surface area (Å²) in [6.07, 6.45) is 10.5. The molecular weight excluding hydrogens is 302 g/mol. The molecule has 1 saturated carbocycles. The first-order valence-corrected chi connectivity index (χ1v) is 8.67. The highest BCUT2D eigenvalue weighted by molar-refractivity contribution is 5.46. The molecule has 126 valence electrons. The molecule has 1 aromatic carbocycles. The summed E-state index contributed by atoms with van der Waals surface area (Å²) >= 11 is 0. The highest BCUT2D eigenvalue weighted by Crippen LogP contribution is 2.52. The molecule has 24 heavy (non-hydrogen) atoms. The molecule has 2 fully saturated rings. The van der Waals surface area contributed by atoms with E-state index in [0.29, 0.717) is 18.1 Å². The zero-order chi connectivity index (χ0) is 16.2. The molecule has 0 radical (unpaired) electrons. The number of hydrogen-bond donors (Lipinski definition) is 1. The molecular formula is C19H23N3O2. The Morgan fingerprint density at radius 2 is 2.08 bits per heavy atom. The van der Waals surface area contributed by atoms with Crippen molar-refractivity contribution in [2.24, 2.45) is 5.41 Å². The molecule has 0 bridgehead atoms. The minimum atomic E-state index is 0.373. The molecule has 1 unspecified atom stereocenters. The van der Waals surface area contributed by atoms with E-state index in [1.165, 1.54) is 25.7 Å². The quantitative estimate of drug-likeness (QED) is 0.845. The van der Waals surface area contributed by atoms with Crippen LogP contribution in [0.3, 0.4) is 0 Å². The van der Waals surface area contributed by atoms with Crippen molar-refractivity contribution in [3.05, 3.63) is 48.5 Å². The van der Waals surface area contributed by atoms with Crippen molar-refractivity contribution in [1.29, 1.82) is 0 Å². The van der Waals surface area contributed by atoms with E-state index < -0.39 is 0 Å². The number of hydrogen-bond acceptors (Lipinski definition) is 5. The summed E-state index contributed by atoms with van der Waals surface area (Å²) in [6, 6.07) is 8.11. The molecule has 0 amide bonds. The molecule has 5 nitrogen and oxygen atoms in total. The fraction of sp³-hybridized carbons (Fsp3) is 0.474. The first kappa shape index (κ1) is 15.4. The van der Waals surface area contributed by atoms with E-state index >= 15 is 0 Å². The van der Waals surface area contributed by atoms with Crippen LogP contribution in [0.2, 0.25) is 0 Å². The van der Waals surface area contributed by atoms with Gasteiger partial charge >= 0.3 is 0 Å². The maximum absolute atomic E-state index is 5.89. The van der Waals surface area contributed by atoms with Crippen LogP contribution in [-0.4, -0.2) is 29.2 Å². The Kier molecular flexibility index (Phi) is 4.34. The van der Waals surface area contributed by atoms with E-state index in [2.05, 4.69) is 27.4 Å². The fourth-order valence-corrected chi connectivity index (χ4v) is 3.34. The molecule has 1 N–H and O–H groups in total. The maximum Gasteiger partial charge on any atom is 0.132 e. The van der Waals surface area contributed by atoms with Crippen molar-refractivity contribution < 1.29 is 9.47 Å². The highest BCUT2D eigenvalue weighted by Gasteiger charge is 2.50. The number of nitrogens with zero attached hydrogens (tertiary/aromatic N) is 2. The van der Waals surface area contributed by atoms with E-state index in [1.807, 2.05) is 12.1 Å². The monoisotopic (exact) mass is 325 g/mol. The summed E-state index contributed by atoms with van der Waals surface area (Å²) in [7, 11) is 0. The SMILES string of the molecule is c1cnc(COc2ccc(NCC3(C4CCCO4)CC3)cc2)cn1. The normalized spacial score (nSPS) is 21.4. The third kappa shape index (κ3) is 3.51. The average Bonchev–Trinajstić information content (AvgIpc) is 3.22. The molecule has 2 aromatic rings. The third-order valence-electron chi connectivity index (χ3n) is 5.01. The van der Waals surface area contributed by atoms with Gasteiger partial charge in [-0.25, -0.2) is 0 Å². The van der Waals surface area contributed by atoms with Crippen molar-refractivity contribution in [3.63, 3.8) is 0 Å². The molecule has 1 atom stereocenters. The summed E-state index contributed by atoms with van der Waals surface area (Å²) < 4.78 is 11.6. The lowest BCUT2D eigenvalue weighted by Crippen LogP contribution is -2.28. The number of ether oxygens (including phenoxy) is 2. The second kappa shape index (κ2) is 6.77. The van der Waals surface area contributed by atoms with Gasteiger partial charge in [-0.1, -0.05) is 0 Å². The number of aromatic nitrogens is 2. The van der Waals surface area contributed by atoms with Gasteiger partial charge in [0, 0.05) is 36.6 Å². The molecule has 5 heteroatoms. The molecule has 2 aliphatic rings. The van der Waals surface area contributed by atoms with Gasteiger partial charge in [0.2, 0.25) is 0 Å². The predicted octanol–water partition coefficient (Wildman–Crippen LogP) is 3.43. The van der Waals surface area contributed by atoms with Gasteiger partial charge in [0.25, 0.3) is 0 Å². The van der Waals surface area contributed by atoms with E-state index in [-0.39, 0.29) is 0 Å². The Bertz CT molecular complexity index is 650. The molecule has 2 heterocycles.